The molecule has 0 atom stereocenters. The molecule has 1 aromatic carbocycles. The molecular formula is C15H13ClN2O2. The molecule has 2 aromatic rings. The molecule has 20 heavy (non-hydrogen) atoms. The highest BCUT2D eigenvalue weighted by Crippen LogP contribution is 2.30. The lowest BCUT2D eigenvalue weighted by atomic mass is 10.1. The Balaban J connectivity index is 1.82. The van der Waals surface area contributed by atoms with Crippen LogP contribution in [0.3, 0.4) is 0 Å². The first-order valence-corrected chi connectivity index (χ1v) is 6.73. The summed E-state index contributed by atoms with van der Waals surface area (Å²) in [6, 6.07) is 9.12. The number of carbonyl (C=O) groups is 1. The lowest BCUT2D eigenvalue weighted by Crippen LogP contribution is -2.38. The van der Waals surface area contributed by atoms with Gasteiger partial charge < -0.3 is 9.64 Å². The smallest absolute Gasteiger partial charge is 0.231 e. The fourth-order valence-electron chi connectivity index (χ4n) is 2.24. The van der Waals surface area contributed by atoms with Gasteiger partial charge in [-0.1, -0.05) is 23.7 Å². The summed E-state index contributed by atoms with van der Waals surface area (Å²) in [4.78, 5) is 18.2. The van der Waals surface area contributed by atoms with Crippen molar-refractivity contribution in [3.8, 4) is 5.75 Å². The number of aromatic nitrogens is 1. The topological polar surface area (TPSA) is 42.4 Å². The maximum Gasteiger partial charge on any atom is 0.231 e. The molecule has 0 saturated carbocycles. The molecule has 1 aromatic heterocycles. The number of hydrogen-bond acceptors (Lipinski definition) is 3. The van der Waals surface area contributed by atoms with E-state index in [1.54, 1.807) is 29.4 Å². The van der Waals surface area contributed by atoms with Gasteiger partial charge in [0.15, 0.2) is 0 Å². The van der Waals surface area contributed by atoms with E-state index in [1.807, 2.05) is 18.2 Å². The van der Waals surface area contributed by atoms with Crippen LogP contribution in [0.4, 0.5) is 5.69 Å². The summed E-state index contributed by atoms with van der Waals surface area (Å²) in [5.41, 5.74) is 1.63. The Hall–Kier alpha value is -2.07. The molecule has 0 unspecified atom stereocenters. The minimum absolute atomic E-state index is 0.0183. The van der Waals surface area contributed by atoms with E-state index in [9.17, 15) is 4.79 Å². The summed E-state index contributed by atoms with van der Waals surface area (Å²) < 4.78 is 5.52. The summed E-state index contributed by atoms with van der Waals surface area (Å²) in [7, 11) is 0. The third kappa shape index (κ3) is 2.60. The highest BCUT2D eigenvalue weighted by molar-refractivity contribution is 6.30. The number of rotatable bonds is 2. The van der Waals surface area contributed by atoms with E-state index in [0.29, 0.717) is 30.3 Å². The van der Waals surface area contributed by atoms with Gasteiger partial charge in [0, 0.05) is 17.3 Å². The van der Waals surface area contributed by atoms with Crippen LogP contribution in [0.1, 0.15) is 5.56 Å². The molecule has 1 amide bonds. The van der Waals surface area contributed by atoms with Gasteiger partial charge >= 0.3 is 0 Å². The molecule has 0 saturated heterocycles. The average molecular weight is 289 g/mol. The van der Waals surface area contributed by atoms with Gasteiger partial charge in [0.1, 0.15) is 18.0 Å². The molecule has 1 aliphatic rings. The monoisotopic (exact) mass is 288 g/mol. The van der Waals surface area contributed by atoms with Crippen LogP contribution in [0.25, 0.3) is 0 Å². The zero-order valence-electron chi connectivity index (χ0n) is 10.8. The number of halogens is 1. The zero-order chi connectivity index (χ0) is 13.9. The van der Waals surface area contributed by atoms with Crippen molar-refractivity contribution in [2.75, 3.05) is 18.1 Å². The van der Waals surface area contributed by atoms with E-state index in [4.69, 9.17) is 16.3 Å². The van der Waals surface area contributed by atoms with Crippen LogP contribution in [0, 0.1) is 0 Å². The molecule has 0 aliphatic carbocycles. The van der Waals surface area contributed by atoms with Crippen LogP contribution in [0.15, 0.2) is 42.7 Å². The quantitative estimate of drug-likeness (QED) is 0.853. The van der Waals surface area contributed by atoms with Crippen molar-refractivity contribution in [2.24, 2.45) is 0 Å². The summed E-state index contributed by atoms with van der Waals surface area (Å²) in [6.45, 7) is 1.04. The number of hydrogen-bond donors (Lipinski definition) is 0. The molecule has 0 fully saturated rings. The molecular weight excluding hydrogens is 276 g/mol. The Bertz CT molecular complexity index is 645. The standard InChI is InChI=1S/C15H13ClN2O2/c16-12-3-1-2-11(8-12)9-15(19)18-6-7-20-14-4-5-17-10-13(14)18/h1-5,8,10H,6-7,9H2. The number of carbonyl (C=O) groups excluding carboxylic acids is 1. The molecule has 5 heteroatoms. The number of amides is 1. The molecule has 0 radical (unpaired) electrons. The molecule has 2 heterocycles. The van der Waals surface area contributed by atoms with E-state index < -0.39 is 0 Å². The molecule has 0 spiro atoms. The van der Waals surface area contributed by atoms with Crippen molar-refractivity contribution in [1.82, 2.24) is 4.98 Å². The van der Waals surface area contributed by atoms with Crippen LogP contribution in [-0.2, 0) is 11.2 Å². The van der Waals surface area contributed by atoms with E-state index in [1.165, 1.54) is 0 Å². The summed E-state index contributed by atoms with van der Waals surface area (Å²) in [6.07, 6.45) is 3.63. The summed E-state index contributed by atoms with van der Waals surface area (Å²) in [5, 5.41) is 0.638. The van der Waals surface area contributed by atoms with Crippen molar-refractivity contribution in [3.63, 3.8) is 0 Å². The molecule has 4 nitrogen and oxygen atoms in total. The van der Waals surface area contributed by atoms with Crippen LogP contribution in [-0.4, -0.2) is 24.0 Å². The molecule has 3 rings (SSSR count). The molecule has 102 valence electrons. The highest BCUT2D eigenvalue weighted by atomic mass is 35.5. The first-order chi connectivity index (χ1) is 9.74. The van der Waals surface area contributed by atoms with E-state index in [0.717, 1.165) is 11.3 Å². The average Bonchev–Trinajstić information content (AvgIpc) is 2.46. The second-order valence-electron chi connectivity index (χ2n) is 4.54. The number of fused-ring (bicyclic) bond motifs is 1. The second kappa shape index (κ2) is 5.51. The van der Waals surface area contributed by atoms with E-state index in [2.05, 4.69) is 4.98 Å². The fourth-order valence-corrected chi connectivity index (χ4v) is 2.45. The SMILES string of the molecule is O=C(Cc1cccc(Cl)c1)N1CCOc2ccncc21. The Morgan fingerprint density at radius 1 is 1.40 bits per heavy atom. The Morgan fingerprint density at radius 2 is 2.30 bits per heavy atom. The van der Waals surface area contributed by atoms with Gasteiger partial charge in [-0.2, -0.15) is 0 Å². The largest absolute Gasteiger partial charge is 0.489 e. The molecule has 0 bridgehead atoms. The zero-order valence-corrected chi connectivity index (χ0v) is 11.5. The molecule has 1 aliphatic heterocycles. The third-order valence-corrected chi connectivity index (χ3v) is 3.41. The molecule has 0 N–H and O–H groups in total. The first-order valence-electron chi connectivity index (χ1n) is 6.35. The maximum absolute atomic E-state index is 12.4. The van der Waals surface area contributed by atoms with Crippen molar-refractivity contribution >= 4 is 23.2 Å². The van der Waals surface area contributed by atoms with Crippen LogP contribution < -0.4 is 9.64 Å². The number of benzene rings is 1. The fraction of sp³-hybridized carbons (Fsp3) is 0.200. The highest BCUT2D eigenvalue weighted by Gasteiger charge is 2.23. The van der Waals surface area contributed by atoms with Crippen molar-refractivity contribution in [1.29, 1.82) is 0 Å². The summed E-state index contributed by atoms with van der Waals surface area (Å²) >= 11 is 5.94. The Kier molecular flexibility index (Phi) is 3.56. The minimum atomic E-state index is 0.0183. The van der Waals surface area contributed by atoms with Crippen molar-refractivity contribution < 1.29 is 9.53 Å². The normalized spacial score (nSPS) is 13.6. The second-order valence-corrected chi connectivity index (χ2v) is 4.98. The van der Waals surface area contributed by atoms with Gasteiger partial charge in [0.25, 0.3) is 0 Å². The Labute approximate surface area is 122 Å². The van der Waals surface area contributed by atoms with Crippen LogP contribution in [0.5, 0.6) is 5.75 Å². The summed E-state index contributed by atoms with van der Waals surface area (Å²) in [5.74, 6) is 0.718. The lowest BCUT2D eigenvalue weighted by Gasteiger charge is -2.29. The first kappa shape index (κ1) is 12.9. The number of anilines is 1. The minimum Gasteiger partial charge on any atom is -0.489 e. The number of ether oxygens (including phenoxy) is 1. The van der Waals surface area contributed by atoms with Gasteiger partial charge in [-0.05, 0) is 17.7 Å². The van der Waals surface area contributed by atoms with Crippen LogP contribution >= 0.6 is 11.6 Å². The van der Waals surface area contributed by atoms with Crippen molar-refractivity contribution in [3.05, 3.63) is 53.3 Å². The van der Waals surface area contributed by atoms with Crippen molar-refractivity contribution in [2.45, 2.75) is 6.42 Å². The lowest BCUT2D eigenvalue weighted by molar-refractivity contribution is -0.118. The maximum atomic E-state index is 12.4. The van der Waals surface area contributed by atoms with Gasteiger partial charge in [0.05, 0.1) is 19.2 Å². The Morgan fingerprint density at radius 3 is 3.15 bits per heavy atom. The predicted octanol–water partition coefficient (Wildman–Crippen LogP) is 2.70. The van der Waals surface area contributed by atoms with Gasteiger partial charge in [-0.25, -0.2) is 0 Å². The predicted molar refractivity (Wildman–Crippen MR) is 77.2 cm³/mol. The van der Waals surface area contributed by atoms with E-state index in [-0.39, 0.29) is 5.91 Å². The number of pyridine rings is 1. The van der Waals surface area contributed by atoms with Gasteiger partial charge in [-0.3, -0.25) is 9.78 Å². The van der Waals surface area contributed by atoms with Gasteiger partial charge in [0.2, 0.25) is 5.91 Å². The number of nitrogens with zero attached hydrogens (tertiary/aromatic N) is 2. The van der Waals surface area contributed by atoms with E-state index >= 15 is 0 Å². The van der Waals surface area contributed by atoms with Gasteiger partial charge in [-0.15, -0.1) is 0 Å². The third-order valence-electron chi connectivity index (χ3n) is 3.17. The van der Waals surface area contributed by atoms with Crippen LogP contribution in [0.2, 0.25) is 5.02 Å².